The molecule has 0 saturated carbocycles. The summed E-state index contributed by atoms with van der Waals surface area (Å²) in [5, 5.41) is 0.702. The van der Waals surface area contributed by atoms with Crippen LogP contribution in [0.15, 0.2) is 115 Å². The molecular formula is C31H19ClO. The van der Waals surface area contributed by atoms with Crippen LogP contribution >= 0.6 is 11.6 Å². The molecule has 0 unspecified atom stereocenters. The molecule has 0 saturated heterocycles. The van der Waals surface area contributed by atoms with Gasteiger partial charge in [-0.25, -0.2) is 0 Å². The highest BCUT2D eigenvalue weighted by Gasteiger charge is 2.48. The zero-order chi connectivity index (χ0) is 22.0. The lowest BCUT2D eigenvalue weighted by Gasteiger charge is -2.42. The van der Waals surface area contributed by atoms with Crippen molar-refractivity contribution in [1.82, 2.24) is 0 Å². The van der Waals surface area contributed by atoms with Crippen molar-refractivity contribution in [3.05, 3.63) is 143 Å². The zero-order valence-electron chi connectivity index (χ0n) is 17.8. The number of benzene rings is 5. The first-order chi connectivity index (χ1) is 16.3. The average molecular weight is 443 g/mol. The molecule has 5 aromatic carbocycles. The molecule has 0 aromatic heterocycles. The van der Waals surface area contributed by atoms with E-state index in [2.05, 4.69) is 97.1 Å². The minimum Gasteiger partial charge on any atom is -0.457 e. The molecule has 0 atom stereocenters. The monoisotopic (exact) mass is 442 g/mol. The molecule has 2 aliphatic rings. The molecule has 0 amide bonds. The van der Waals surface area contributed by atoms with Crippen LogP contribution < -0.4 is 4.74 Å². The van der Waals surface area contributed by atoms with Crippen molar-refractivity contribution < 1.29 is 4.74 Å². The van der Waals surface area contributed by atoms with E-state index in [-0.39, 0.29) is 0 Å². The van der Waals surface area contributed by atoms with Crippen molar-refractivity contribution >= 4 is 11.6 Å². The number of ether oxygens (including phenoxy) is 1. The molecule has 0 radical (unpaired) electrons. The van der Waals surface area contributed by atoms with E-state index < -0.39 is 5.41 Å². The fourth-order valence-corrected chi connectivity index (χ4v) is 5.95. The third kappa shape index (κ3) is 2.43. The topological polar surface area (TPSA) is 9.23 Å². The number of fused-ring (bicyclic) bond motifs is 11. The largest absolute Gasteiger partial charge is 0.457 e. The van der Waals surface area contributed by atoms with Gasteiger partial charge in [0.2, 0.25) is 0 Å². The van der Waals surface area contributed by atoms with Gasteiger partial charge in [0, 0.05) is 16.1 Å². The Labute approximate surface area is 197 Å². The van der Waals surface area contributed by atoms with Gasteiger partial charge in [0.25, 0.3) is 0 Å². The van der Waals surface area contributed by atoms with Gasteiger partial charge < -0.3 is 4.74 Å². The number of hydrogen-bond acceptors (Lipinski definition) is 1. The molecule has 0 bridgehead atoms. The summed E-state index contributed by atoms with van der Waals surface area (Å²) in [5.74, 6) is 1.72. The van der Waals surface area contributed by atoms with Gasteiger partial charge in [0.05, 0.1) is 5.41 Å². The smallest absolute Gasteiger partial charge is 0.132 e. The van der Waals surface area contributed by atoms with Crippen molar-refractivity contribution in [3.63, 3.8) is 0 Å². The summed E-state index contributed by atoms with van der Waals surface area (Å²) in [6.45, 7) is 0. The van der Waals surface area contributed by atoms with Crippen molar-refractivity contribution in [2.45, 2.75) is 5.41 Å². The molecule has 1 nitrogen and oxygen atoms in total. The fourth-order valence-electron chi connectivity index (χ4n) is 5.78. The SMILES string of the molecule is Clc1ccc2c(c1)C1(c3ccccc3O2)c2ccccc2-c2ccccc2-c2ccccc21. The molecule has 7 rings (SSSR count). The summed E-state index contributed by atoms with van der Waals surface area (Å²) in [5.41, 5.74) is 9.05. The molecule has 5 aromatic rings. The third-order valence-corrected chi connectivity index (χ3v) is 7.26. The molecule has 1 heterocycles. The lowest BCUT2D eigenvalue weighted by Crippen LogP contribution is -2.34. The van der Waals surface area contributed by atoms with Gasteiger partial charge in [-0.05, 0) is 57.6 Å². The van der Waals surface area contributed by atoms with E-state index in [9.17, 15) is 0 Å². The summed E-state index contributed by atoms with van der Waals surface area (Å²) >= 11 is 6.63. The Balaban J connectivity index is 1.77. The molecule has 1 aliphatic carbocycles. The third-order valence-electron chi connectivity index (χ3n) is 7.03. The summed E-state index contributed by atoms with van der Waals surface area (Å²) in [4.78, 5) is 0. The molecular weight excluding hydrogens is 424 g/mol. The van der Waals surface area contributed by atoms with Crippen molar-refractivity contribution in [3.8, 4) is 33.8 Å². The van der Waals surface area contributed by atoms with Gasteiger partial charge in [-0.1, -0.05) is 103 Å². The second-order valence-electron chi connectivity index (χ2n) is 8.63. The lowest BCUT2D eigenvalue weighted by molar-refractivity contribution is 0.435. The van der Waals surface area contributed by atoms with Gasteiger partial charge in [0.1, 0.15) is 11.5 Å². The molecule has 1 aliphatic heterocycles. The van der Waals surface area contributed by atoms with Crippen LogP contribution in [0.5, 0.6) is 11.5 Å². The maximum atomic E-state index is 6.63. The van der Waals surface area contributed by atoms with Crippen LogP contribution in [0.3, 0.4) is 0 Å². The van der Waals surface area contributed by atoms with Crippen LogP contribution in [-0.4, -0.2) is 0 Å². The second-order valence-corrected chi connectivity index (χ2v) is 9.06. The van der Waals surface area contributed by atoms with E-state index in [4.69, 9.17) is 16.3 Å². The van der Waals surface area contributed by atoms with Crippen LogP contribution in [0.2, 0.25) is 5.02 Å². The molecule has 0 fully saturated rings. The van der Waals surface area contributed by atoms with Crippen LogP contribution in [-0.2, 0) is 5.41 Å². The van der Waals surface area contributed by atoms with Gasteiger partial charge in [-0.3, -0.25) is 0 Å². The molecule has 2 heteroatoms. The predicted octanol–water partition coefficient (Wildman–Crippen LogP) is 8.48. The Morgan fingerprint density at radius 3 is 1.58 bits per heavy atom. The number of hydrogen-bond donors (Lipinski definition) is 0. The molecule has 33 heavy (non-hydrogen) atoms. The first-order valence-electron chi connectivity index (χ1n) is 11.1. The van der Waals surface area contributed by atoms with Crippen molar-refractivity contribution in [1.29, 1.82) is 0 Å². The quantitative estimate of drug-likeness (QED) is 0.229. The maximum absolute atomic E-state index is 6.63. The molecule has 1 spiro atoms. The Kier molecular flexibility index (Phi) is 3.88. The molecule has 156 valence electrons. The van der Waals surface area contributed by atoms with Gasteiger partial charge in [-0.2, -0.15) is 0 Å². The van der Waals surface area contributed by atoms with E-state index in [1.165, 1.54) is 33.4 Å². The zero-order valence-corrected chi connectivity index (χ0v) is 18.5. The minimum absolute atomic E-state index is 0.568. The van der Waals surface area contributed by atoms with E-state index in [1.54, 1.807) is 0 Å². The number of rotatable bonds is 0. The van der Waals surface area contributed by atoms with E-state index in [0.29, 0.717) is 5.02 Å². The predicted molar refractivity (Wildman–Crippen MR) is 134 cm³/mol. The number of para-hydroxylation sites is 1. The number of halogens is 1. The summed E-state index contributed by atoms with van der Waals surface area (Å²) in [6.07, 6.45) is 0. The summed E-state index contributed by atoms with van der Waals surface area (Å²) in [7, 11) is 0. The lowest BCUT2D eigenvalue weighted by atomic mass is 9.62. The van der Waals surface area contributed by atoms with Crippen molar-refractivity contribution in [2.24, 2.45) is 0 Å². The maximum Gasteiger partial charge on any atom is 0.132 e. The Morgan fingerprint density at radius 1 is 0.455 bits per heavy atom. The molecule has 0 N–H and O–H groups in total. The Morgan fingerprint density at radius 2 is 0.939 bits per heavy atom. The van der Waals surface area contributed by atoms with E-state index in [1.807, 2.05) is 18.2 Å². The first kappa shape index (κ1) is 18.7. The Bertz CT molecular complexity index is 1500. The van der Waals surface area contributed by atoms with Crippen LogP contribution in [0, 0.1) is 0 Å². The first-order valence-corrected chi connectivity index (χ1v) is 11.5. The van der Waals surface area contributed by atoms with Gasteiger partial charge in [-0.15, -0.1) is 0 Å². The fraction of sp³-hybridized carbons (Fsp3) is 0.0323. The van der Waals surface area contributed by atoms with Gasteiger partial charge >= 0.3 is 0 Å². The van der Waals surface area contributed by atoms with Crippen molar-refractivity contribution in [2.75, 3.05) is 0 Å². The van der Waals surface area contributed by atoms with E-state index in [0.717, 1.165) is 22.6 Å². The summed E-state index contributed by atoms with van der Waals surface area (Å²) in [6, 6.07) is 40.6. The average Bonchev–Trinajstić information content (AvgIpc) is 2.98. The standard InChI is InChI=1S/C31H19ClO/c32-20-17-18-30-28(19-20)31(27-15-7-8-16-29(27)33-30)25-13-5-3-11-23(25)21-9-1-2-10-22(21)24-12-4-6-14-26(24)31/h1-19H. The highest BCUT2D eigenvalue weighted by atomic mass is 35.5. The van der Waals surface area contributed by atoms with Crippen LogP contribution in [0.1, 0.15) is 22.3 Å². The highest BCUT2D eigenvalue weighted by Crippen LogP contribution is 2.60. The Hall–Kier alpha value is -3.81. The highest BCUT2D eigenvalue weighted by molar-refractivity contribution is 6.30. The van der Waals surface area contributed by atoms with Gasteiger partial charge in [0.15, 0.2) is 0 Å². The van der Waals surface area contributed by atoms with E-state index >= 15 is 0 Å². The van der Waals surface area contributed by atoms with Crippen LogP contribution in [0.25, 0.3) is 22.3 Å². The minimum atomic E-state index is -0.568. The normalized spacial score (nSPS) is 14.1. The summed E-state index contributed by atoms with van der Waals surface area (Å²) < 4.78 is 6.45. The van der Waals surface area contributed by atoms with Crippen LogP contribution in [0.4, 0.5) is 0 Å². The second kappa shape index (κ2) is 6.84.